The lowest BCUT2D eigenvalue weighted by Crippen LogP contribution is -2.36. The van der Waals surface area contributed by atoms with E-state index in [4.69, 9.17) is 9.26 Å². The predicted molar refractivity (Wildman–Crippen MR) is 124 cm³/mol. The van der Waals surface area contributed by atoms with Gasteiger partial charge in [0.1, 0.15) is 5.75 Å². The van der Waals surface area contributed by atoms with Crippen LogP contribution < -0.4 is 15.4 Å². The van der Waals surface area contributed by atoms with Crippen molar-refractivity contribution in [2.45, 2.75) is 53.6 Å². The molecule has 0 unspecified atom stereocenters. The first-order chi connectivity index (χ1) is 13.0. The number of nitrogens with one attached hydrogen (secondary N) is 2. The first kappa shape index (κ1) is 24.3. The number of nitrogens with zero attached hydrogens (tertiary/aromatic N) is 2. The molecule has 0 spiro atoms. The summed E-state index contributed by atoms with van der Waals surface area (Å²) in [4.78, 5) is 4.68. The van der Waals surface area contributed by atoms with Crippen molar-refractivity contribution >= 4 is 29.9 Å². The summed E-state index contributed by atoms with van der Waals surface area (Å²) < 4.78 is 11.3. The van der Waals surface area contributed by atoms with Gasteiger partial charge < -0.3 is 19.9 Å². The smallest absolute Gasteiger partial charge is 0.191 e. The molecule has 1 aromatic carbocycles. The second-order valence-corrected chi connectivity index (χ2v) is 7.23. The standard InChI is InChI=1S/C21H32N4O2.HI/c1-6-22-21(24-13-18-11-19(16(4)5)25-27-18)23-12-17-9-7-8-10-20(17)26-14-15(2)3;/h7-11,15-16H,6,12-14H2,1-5H3,(H2,22,23,24);1H. The summed E-state index contributed by atoms with van der Waals surface area (Å²) in [7, 11) is 0. The van der Waals surface area contributed by atoms with Crippen LogP contribution in [0.25, 0.3) is 0 Å². The summed E-state index contributed by atoms with van der Waals surface area (Å²) >= 11 is 0. The maximum Gasteiger partial charge on any atom is 0.191 e. The van der Waals surface area contributed by atoms with Gasteiger partial charge in [-0.15, -0.1) is 24.0 Å². The molecule has 28 heavy (non-hydrogen) atoms. The van der Waals surface area contributed by atoms with Crippen LogP contribution in [0.1, 0.15) is 57.6 Å². The van der Waals surface area contributed by atoms with E-state index in [1.807, 2.05) is 37.3 Å². The van der Waals surface area contributed by atoms with E-state index in [0.717, 1.165) is 35.3 Å². The Morgan fingerprint density at radius 1 is 1.18 bits per heavy atom. The maximum atomic E-state index is 5.91. The maximum absolute atomic E-state index is 5.91. The van der Waals surface area contributed by atoms with E-state index >= 15 is 0 Å². The normalized spacial score (nSPS) is 11.5. The summed E-state index contributed by atoms with van der Waals surface area (Å²) in [5, 5.41) is 10.6. The van der Waals surface area contributed by atoms with Crippen LogP contribution in [0.5, 0.6) is 5.75 Å². The van der Waals surface area contributed by atoms with Crippen molar-refractivity contribution in [3.05, 3.63) is 47.3 Å². The van der Waals surface area contributed by atoms with Gasteiger partial charge in [-0.3, -0.25) is 0 Å². The molecule has 2 rings (SSSR count). The van der Waals surface area contributed by atoms with Gasteiger partial charge in [0.2, 0.25) is 0 Å². The van der Waals surface area contributed by atoms with Gasteiger partial charge in [0.05, 0.1) is 25.4 Å². The van der Waals surface area contributed by atoms with Crippen molar-refractivity contribution in [2.75, 3.05) is 13.2 Å². The van der Waals surface area contributed by atoms with Gasteiger partial charge in [-0.2, -0.15) is 0 Å². The van der Waals surface area contributed by atoms with Crippen molar-refractivity contribution in [1.29, 1.82) is 0 Å². The molecule has 0 fully saturated rings. The fraction of sp³-hybridized carbons (Fsp3) is 0.524. The largest absolute Gasteiger partial charge is 0.493 e. The van der Waals surface area contributed by atoms with Gasteiger partial charge in [-0.25, -0.2) is 4.99 Å². The quantitative estimate of drug-likeness (QED) is 0.297. The SMILES string of the molecule is CCNC(=NCc1ccccc1OCC(C)C)NCc1cc(C(C)C)no1.I. The summed E-state index contributed by atoms with van der Waals surface area (Å²) in [5.74, 6) is 3.26. The molecule has 156 valence electrons. The summed E-state index contributed by atoms with van der Waals surface area (Å²) in [6.07, 6.45) is 0. The Morgan fingerprint density at radius 3 is 2.57 bits per heavy atom. The van der Waals surface area contributed by atoms with E-state index in [0.29, 0.717) is 31.5 Å². The zero-order valence-corrected chi connectivity index (χ0v) is 19.8. The molecule has 0 aliphatic carbocycles. The highest BCUT2D eigenvalue weighted by molar-refractivity contribution is 14.0. The number of para-hydroxylation sites is 1. The number of aliphatic imine (C=N–C) groups is 1. The Morgan fingerprint density at radius 2 is 1.93 bits per heavy atom. The van der Waals surface area contributed by atoms with Gasteiger partial charge in [0, 0.05) is 18.2 Å². The second-order valence-electron chi connectivity index (χ2n) is 7.23. The van der Waals surface area contributed by atoms with Gasteiger partial charge in [0.25, 0.3) is 0 Å². The molecular weight excluding hydrogens is 467 g/mol. The zero-order chi connectivity index (χ0) is 19.6. The van der Waals surface area contributed by atoms with E-state index in [-0.39, 0.29) is 24.0 Å². The number of halogens is 1. The third-order valence-corrected chi connectivity index (χ3v) is 3.90. The fourth-order valence-electron chi connectivity index (χ4n) is 2.39. The Bertz CT molecular complexity index is 729. The minimum absolute atomic E-state index is 0. The van der Waals surface area contributed by atoms with Crippen LogP contribution in [-0.2, 0) is 13.1 Å². The number of hydrogen-bond donors (Lipinski definition) is 2. The lowest BCUT2D eigenvalue weighted by atomic mass is 10.1. The van der Waals surface area contributed by atoms with Crippen molar-refractivity contribution in [3.8, 4) is 5.75 Å². The number of benzene rings is 1. The van der Waals surface area contributed by atoms with E-state index in [2.05, 4.69) is 48.5 Å². The van der Waals surface area contributed by atoms with Crippen molar-refractivity contribution < 1.29 is 9.26 Å². The Kier molecular flexibility index (Phi) is 11.0. The Labute approximate surface area is 185 Å². The molecule has 0 radical (unpaired) electrons. The molecule has 2 aromatic rings. The molecule has 2 N–H and O–H groups in total. The molecular formula is C21H33IN4O2. The number of rotatable bonds is 9. The van der Waals surface area contributed by atoms with Crippen LogP contribution in [0.4, 0.5) is 0 Å². The molecule has 0 saturated heterocycles. The fourth-order valence-corrected chi connectivity index (χ4v) is 2.39. The average molecular weight is 500 g/mol. The topological polar surface area (TPSA) is 71.7 Å². The second kappa shape index (κ2) is 12.6. The Hall–Kier alpha value is -1.77. The van der Waals surface area contributed by atoms with Crippen LogP contribution in [0.15, 0.2) is 39.8 Å². The number of hydrogen-bond acceptors (Lipinski definition) is 4. The van der Waals surface area contributed by atoms with Crippen LogP contribution in [0.3, 0.4) is 0 Å². The molecule has 7 heteroatoms. The number of aromatic nitrogens is 1. The van der Waals surface area contributed by atoms with Crippen LogP contribution in [0, 0.1) is 5.92 Å². The van der Waals surface area contributed by atoms with E-state index in [1.165, 1.54) is 0 Å². The highest BCUT2D eigenvalue weighted by Gasteiger charge is 2.09. The summed E-state index contributed by atoms with van der Waals surface area (Å²) in [6, 6.07) is 10.0. The van der Waals surface area contributed by atoms with Crippen LogP contribution in [0.2, 0.25) is 0 Å². The first-order valence-corrected chi connectivity index (χ1v) is 9.68. The average Bonchev–Trinajstić information content (AvgIpc) is 3.12. The minimum atomic E-state index is 0. The third-order valence-electron chi connectivity index (χ3n) is 3.90. The zero-order valence-electron chi connectivity index (χ0n) is 17.5. The summed E-state index contributed by atoms with van der Waals surface area (Å²) in [5.41, 5.74) is 2.03. The first-order valence-electron chi connectivity index (χ1n) is 9.68. The summed E-state index contributed by atoms with van der Waals surface area (Å²) in [6.45, 7) is 13.1. The number of ether oxygens (including phenoxy) is 1. The van der Waals surface area contributed by atoms with E-state index < -0.39 is 0 Å². The van der Waals surface area contributed by atoms with Gasteiger partial charge in [0.15, 0.2) is 11.7 Å². The van der Waals surface area contributed by atoms with Gasteiger partial charge in [-0.05, 0) is 24.8 Å². The molecule has 1 aromatic heterocycles. The molecule has 0 aliphatic rings. The van der Waals surface area contributed by atoms with E-state index in [1.54, 1.807) is 0 Å². The van der Waals surface area contributed by atoms with Crippen molar-refractivity contribution in [3.63, 3.8) is 0 Å². The highest BCUT2D eigenvalue weighted by atomic mass is 127. The molecule has 0 aliphatic heterocycles. The van der Waals surface area contributed by atoms with Crippen LogP contribution >= 0.6 is 24.0 Å². The molecule has 0 bridgehead atoms. The molecule has 0 saturated carbocycles. The van der Waals surface area contributed by atoms with E-state index in [9.17, 15) is 0 Å². The predicted octanol–water partition coefficient (Wildman–Crippen LogP) is 4.71. The molecule has 0 amide bonds. The molecule has 1 heterocycles. The van der Waals surface area contributed by atoms with Crippen molar-refractivity contribution in [2.24, 2.45) is 10.9 Å². The minimum Gasteiger partial charge on any atom is -0.493 e. The highest BCUT2D eigenvalue weighted by Crippen LogP contribution is 2.19. The lowest BCUT2D eigenvalue weighted by Gasteiger charge is -2.13. The third kappa shape index (κ3) is 8.08. The molecule has 0 atom stereocenters. The number of guanidine groups is 1. The molecule has 6 nitrogen and oxygen atoms in total. The van der Waals surface area contributed by atoms with Crippen molar-refractivity contribution in [1.82, 2.24) is 15.8 Å². The monoisotopic (exact) mass is 500 g/mol. The van der Waals surface area contributed by atoms with Gasteiger partial charge >= 0.3 is 0 Å². The van der Waals surface area contributed by atoms with Crippen LogP contribution in [-0.4, -0.2) is 24.3 Å². The lowest BCUT2D eigenvalue weighted by molar-refractivity contribution is 0.268. The van der Waals surface area contributed by atoms with Gasteiger partial charge in [-0.1, -0.05) is 51.1 Å². The Balaban J connectivity index is 0.00000392.